The van der Waals surface area contributed by atoms with Crippen LogP contribution in [0.25, 0.3) is 0 Å². The third-order valence-corrected chi connectivity index (χ3v) is 1.93. The Morgan fingerprint density at radius 2 is 2.27 bits per heavy atom. The number of anilines is 1. The average Bonchev–Trinajstić information content (AvgIpc) is 2.76. The number of pyridine rings is 1. The minimum absolute atomic E-state index is 0.291. The molecule has 0 unspecified atom stereocenters. The summed E-state index contributed by atoms with van der Waals surface area (Å²) in [6, 6.07) is 1.49. The van der Waals surface area contributed by atoms with Crippen molar-refractivity contribution in [1.82, 2.24) is 4.98 Å². The summed E-state index contributed by atoms with van der Waals surface area (Å²) in [6.45, 7) is 0. The van der Waals surface area contributed by atoms with Crippen LogP contribution in [0.5, 0.6) is 0 Å². The van der Waals surface area contributed by atoms with Gasteiger partial charge in [-0.05, 0) is 24.8 Å². The van der Waals surface area contributed by atoms with Crippen LogP contribution < -0.4 is 5.73 Å². The molecule has 11 heavy (non-hydrogen) atoms. The molecule has 1 saturated carbocycles. The second-order valence-corrected chi connectivity index (χ2v) is 2.90. The highest BCUT2D eigenvalue weighted by Crippen LogP contribution is 2.42. The van der Waals surface area contributed by atoms with E-state index in [2.05, 4.69) is 4.98 Å². The maximum absolute atomic E-state index is 12.6. The van der Waals surface area contributed by atoms with E-state index in [0.29, 0.717) is 11.7 Å². The Hall–Kier alpha value is -1.12. The van der Waals surface area contributed by atoms with E-state index in [9.17, 15) is 4.39 Å². The molecule has 0 amide bonds. The largest absolute Gasteiger partial charge is 0.383 e. The lowest BCUT2D eigenvalue weighted by Gasteiger charge is -2.00. The molecule has 1 heterocycles. The quantitative estimate of drug-likeness (QED) is 0.664. The zero-order valence-corrected chi connectivity index (χ0v) is 6.05. The highest BCUT2D eigenvalue weighted by atomic mass is 19.1. The van der Waals surface area contributed by atoms with Crippen molar-refractivity contribution in [3.63, 3.8) is 0 Å². The molecular weight excluding hydrogens is 143 g/mol. The molecule has 3 heteroatoms. The summed E-state index contributed by atoms with van der Waals surface area (Å²) in [5, 5.41) is 0. The van der Waals surface area contributed by atoms with Crippen LogP contribution in [-0.2, 0) is 0 Å². The van der Waals surface area contributed by atoms with Gasteiger partial charge in [-0.3, -0.25) is 0 Å². The monoisotopic (exact) mass is 152 g/mol. The molecule has 1 aromatic rings. The van der Waals surface area contributed by atoms with Crippen LogP contribution >= 0.6 is 0 Å². The summed E-state index contributed by atoms with van der Waals surface area (Å²) in [5.74, 6) is 0.660. The summed E-state index contributed by atoms with van der Waals surface area (Å²) in [7, 11) is 0. The molecule has 0 spiro atoms. The minimum atomic E-state index is -0.291. The topological polar surface area (TPSA) is 38.9 Å². The lowest BCUT2D eigenvalue weighted by atomic mass is 10.2. The Balaban J connectivity index is 2.42. The fourth-order valence-corrected chi connectivity index (χ4v) is 1.19. The first-order chi connectivity index (χ1) is 5.27. The molecule has 1 aliphatic carbocycles. The molecule has 1 fully saturated rings. The molecule has 0 radical (unpaired) electrons. The van der Waals surface area contributed by atoms with Crippen molar-refractivity contribution >= 4 is 5.82 Å². The van der Waals surface area contributed by atoms with E-state index in [1.54, 1.807) is 0 Å². The number of aromatic nitrogens is 1. The Kier molecular flexibility index (Phi) is 1.31. The smallest absolute Gasteiger partial charge is 0.141 e. The van der Waals surface area contributed by atoms with Crippen molar-refractivity contribution < 1.29 is 4.39 Å². The highest BCUT2D eigenvalue weighted by molar-refractivity contribution is 5.43. The summed E-state index contributed by atoms with van der Waals surface area (Å²) < 4.78 is 12.6. The average molecular weight is 152 g/mol. The first-order valence-electron chi connectivity index (χ1n) is 3.68. The van der Waals surface area contributed by atoms with E-state index < -0.39 is 0 Å². The van der Waals surface area contributed by atoms with E-state index in [-0.39, 0.29) is 5.82 Å². The van der Waals surface area contributed by atoms with Crippen molar-refractivity contribution in [2.24, 2.45) is 0 Å². The van der Waals surface area contributed by atoms with Crippen molar-refractivity contribution in [1.29, 1.82) is 0 Å². The van der Waals surface area contributed by atoms with Gasteiger partial charge in [-0.15, -0.1) is 0 Å². The fourth-order valence-electron chi connectivity index (χ4n) is 1.19. The molecular formula is C8H9FN2. The molecule has 2 rings (SSSR count). The Morgan fingerprint density at radius 3 is 2.91 bits per heavy atom. The number of hydrogen-bond acceptors (Lipinski definition) is 2. The van der Waals surface area contributed by atoms with Gasteiger partial charge < -0.3 is 5.73 Å². The zero-order valence-electron chi connectivity index (χ0n) is 6.05. The van der Waals surface area contributed by atoms with Gasteiger partial charge in [0.2, 0.25) is 0 Å². The first-order valence-corrected chi connectivity index (χ1v) is 3.68. The first kappa shape index (κ1) is 6.58. The molecule has 0 saturated heterocycles. The van der Waals surface area contributed by atoms with Gasteiger partial charge >= 0.3 is 0 Å². The SMILES string of the molecule is Nc1ncc(F)cc1C1CC1. The number of hydrogen-bond donors (Lipinski definition) is 1. The van der Waals surface area contributed by atoms with E-state index in [4.69, 9.17) is 5.73 Å². The normalized spacial score (nSPS) is 16.8. The molecule has 2 N–H and O–H groups in total. The summed E-state index contributed by atoms with van der Waals surface area (Å²) in [6.07, 6.45) is 3.39. The van der Waals surface area contributed by atoms with Gasteiger partial charge in [0, 0.05) is 5.56 Å². The number of nitrogens with zero attached hydrogens (tertiary/aromatic N) is 1. The van der Waals surface area contributed by atoms with Crippen molar-refractivity contribution in [2.75, 3.05) is 5.73 Å². The fraction of sp³-hybridized carbons (Fsp3) is 0.375. The number of nitrogen functional groups attached to an aromatic ring is 1. The number of halogens is 1. The molecule has 2 nitrogen and oxygen atoms in total. The van der Waals surface area contributed by atoms with Crippen molar-refractivity contribution in [3.8, 4) is 0 Å². The summed E-state index contributed by atoms with van der Waals surface area (Å²) in [4.78, 5) is 3.74. The van der Waals surface area contributed by atoms with Crippen LogP contribution in [0.2, 0.25) is 0 Å². The standard InChI is InChI=1S/C8H9FN2/c9-6-3-7(5-1-2-5)8(10)11-4-6/h3-5H,1-2H2,(H2,10,11). The van der Waals surface area contributed by atoms with Crippen LogP contribution in [0, 0.1) is 5.82 Å². The maximum Gasteiger partial charge on any atom is 0.141 e. The molecule has 0 aromatic carbocycles. The third kappa shape index (κ3) is 1.18. The predicted molar refractivity (Wildman–Crippen MR) is 40.6 cm³/mol. The third-order valence-electron chi connectivity index (χ3n) is 1.93. The van der Waals surface area contributed by atoms with Crippen LogP contribution in [0.4, 0.5) is 10.2 Å². The van der Waals surface area contributed by atoms with Gasteiger partial charge in [0.1, 0.15) is 11.6 Å². The second kappa shape index (κ2) is 2.19. The molecule has 0 atom stereocenters. The van der Waals surface area contributed by atoms with E-state index in [0.717, 1.165) is 24.6 Å². The van der Waals surface area contributed by atoms with Gasteiger partial charge in [-0.25, -0.2) is 9.37 Å². The maximum atomic E-state index is 12.6. The van der Waals surface area contributed by atoms with Crippen LogP contribution in [-0.4, -0.2) is 4.98 Å². The summed E-state index contributed by atoms with van der Waals surface area (Å²) >= 11 is 0. The van der Waals surface area contributed by atoms with E-state index in [1.165, 1.54) is 6.07 Å². The number of nitrogens with two attached hydrogens (primary N) is 1. The predicted octanol–water partition coefficient (Wildman–Crippen LogP) is 1.68. The zero-order chi connectivity index (χ0) is 7.84. The van der Waals surface area contributed by atoms with Gasteiger partial charge in [0.25, 0.3) is 0 Å². The molecule has 1 aliphatic rings. The van der Waals surface area contributed by atoms with Crippen LogP contribution in [0.1, 0.15) is 24.3 Å². The lowest BCUT2D eigenvalue weighted by molar-refractivity contribution is 0.619. The van der Waals surface area contributed by atoms with Gasteiger partial charge in [-0.1, -0.05) is 0 Å². The van der Waals surface area contributed by atoms with Gasteiger partial charge in [0.05, 0.1) is 6.20 Å². The van der Waals surface area contributed by atoms with E-state index in [1.807, 2.05) is 0 Å². The Labute approximate surface area is 64.2 Å². The van der Waals surface area contributed by atoms with Gasteiger partial charge in [-0.2, -0.15) is 0 Å². The van der Waals surface area contributed by atoms with Crippen LogP contribution in [0.3, 0.4) is 0 Å². The Morgan fingerprint density at radius 1 is 1.55 bits per heavy atom. The van der Waals surface area contributed by atoms with Gasteiger partial charge in [0.15, 0.2) is 0 Å². The molecule has 0 bridgehead atoms. The molecule has 58 valence electrons. The minimum Gasteiger partial charge on any atom is -0.383 e. The lowest BCUT2D eigenvalue weighted by Crippen LogP contribution is -1.96. The second-order valence-electron chi connectivity index (χ2n) is 2.90. The molecule has 0 aliphatic heterocycles. The van der Waals surface area contributed by atoms with Crippen molar-refractivity contribution in [2.45, 2.75) is 18.8 Å². The summed E-state index contributed by atoms with van der Waals surface area (Å²) in [5.41, 5.74) is 6.43. The number of rotatable bonds is 1. The van der Waals surface area contributed by atoms with Crippen molar-refractivity contribution in [3.05, 3.63) is 23.6 Å². The molecule has 1 aromatic heterocycles. The Bertz CT molecular complexity index is 281. The highest BCUT2D eigenvalue weighted by Gasteiger charge is 2.26. The van der Waals surface area contributed by atoms with E-state index >= 15 is 0 Å². The van der Waals surface area contributed by atoms with Crippen LogP contribution in [0.15, 0.2) is 12.3 Å².